The number of carbonyl (C=O) groups excluding carboxylic acids is 1. The summed E-state index contributed by atoms with van der Waals surface area (Å²) < 4.78 is 0. The zero-order valence-electron chi connectivity index (χ0n) is 9.86. The summed E-state index contributed by atoms with van der Waals surface area (Å²) >= 11 is 11.8. The molecule has 0 unspecified atom stereocenters. The molecule has 3 nitrogen and oxygen atoms in total. The van der Waals surface area contributed by atoms with Crippen molar-refractivity contribution in [2.45, 2.75) is 6.42 Å². The largest absolute Gasteiger partial charge is 0.508 e. The van der Waals surface area contributed by atoms with Crippen molar-refractivity contribution in [3.05, 3.63) is 58.1 Å². The van der Waals surface area contributed by atoms with Crippen LogP contribution in [0.5, 0.6) is 5.75 Å². The Kier molecular flexibility index (Phi) is 4.30. The minimum Gasteiger partial charge on any atom is -0.508 e. The number of halogens is 2. The first kappa shape index (κ1) is 13.7. The summed E-state index contributed by atoms with van der Waals surface area (Å²) in [5.41, 5.74) is 1.24. The molecule has 19 heavy (non-hydrogen) atoms. The second-order valence-corrected chi connectivity index (χ2v) is 4.85. The van der Waals surface area contributed by atoms with Crippen molar-refractivity contribution < 1.29 is 9.90 Å². The summed E-state index contributed by atoms with van der Waals surface area (Å²) in [5.74, 6) is -0.114. The van der Waals surface area contributed by atoms with Gasteiger partial charge in [0.05, 0.1) is 6.42 Å². The van der Waals surface area contributed by atoms with Crippen LogP contribution in [0.15, 0.2) is 42.5 Å². The number of hydrogen-bond donors (Lipinski definition) is 2. The fourth-order valence-electron chi connectivity index (χ4n) is 1.63. The lowest BCUT2D eigenvalue weighted by atomic mass is 10.1. The summed E-state index contributed by atoms with van der Waals surface area (Å²) in [6.07, 6.45) is 0.145. The molecule has 0 bridgehead atoms. The lowest BCUT2D eigenvalue weighted by Gasteiger charge is -2.07. The van der Waals surface area contributed by atoms with Crippen molar-refractivity contribution in [3.8, 4) is 5.75 Å². The molecule has 0 aliphatic heterocycles. The van der Waals surface area contributed by atoms with E-state index in [0.717, 1.165) is 0 Å². The molecule has 2 N–H and O–H groups in total. The van der Waals surface area contributed by atoms with E-state index in [1.807, 2.05) is 0 Å². The maximum atomic E-state index is 11.8. The van der Waals surface area contributed by atoms with Gasteiger partial charge in [-0.15, -0.1) is 0 Å². The van der Waals surface area contributed by atoms with Gasteiger partial charge in [-0.05, 0) is 29.8 Å². The summed E-state index contributed by atoms with van der Waals surface area (Å²) in [7, 11) is 0. The van der Waals surface area contributed by atoms with Gasteiger partial charge in [0, 0.05) is 21.8 Å². The molecule has 0 aromatic heterocycles. The highest BCUT2D eigenvalue weighted by atomic mass is 35.5. The van der Waals surface area contributed by atoms with Crippen molar-refractivity contribution >= 4 is 34.8 Å². The summed E-state index contributed by atoms with van der Waals surface area (Å²) in [4.78, 5) is 11.8. The van der Waals surface area contributed by atoms with Crippen molar-refractivity contribution in [1.29, 1.82) is 0 Å². The Hall–Kier alpha value is -1.71. The predicted octanol–water partition coefficient (Wildman–Crippen LogP) is 3.88. The van der Waals surface area contributed by atoms with Crippen LogP contribution in [0.4, 0.5) is 5.69 Å². The standard InChI is InChI=1S/C14H11Cl2NO2/c15-10-5-4-9(13(16)7-10)6-14(19)17-11-2-1-3-12(18)8-11/h1-5,7-8,18H,6H2,(H,17,19). The average Bonchev–Trinajstić information content (AvgIpc) is 2.33. The minimum atomic E-state index is -0.213. The molecule has 0 spiro atoms. The maximum Gasteiger partial charge on any atom is 0.228 e. The molecule has 2 rings (SSSR count). The van der Waals surface area contributed by atoms with E-state index in [1.54, 1.807) is 30.3 Å². The van der Waals surface area contributed by atoms with E-state index in [-0.39, 0.29) is 18.1 Å². The number of anilines is 1. The first-order chi connectivity index (χ1) is 9.04. The van der Waals surface area contributed by atoms with Crippen molar-refractivity contribution in [2.24, 2.45) is 0 Å². The molecule has 2 aromatic carbocycles. The molecular weight excluding hydrogens is 285 g/mol. The normalized spacial score (nSPS) is 10.2. The Bertz CT molecular complexity index is 614. The molecule has 98 valence electrons. The number of nitrogens with one attached hydrogen (secondary N) is 1. The third-order valence-corrected chi connectivity index (χ3v) is 3.08. The highest BCUT2D eigenvalue weighted by Crippen LogP contribution is 2.22. The lowest BCUT2D eigenvalue weighted by Crippen LogP contribution is -2.14. The lowest BCUT2D eigenvalue weighted by molar-refractivity contribution is -0.115. The number of aromatic hydroxyl groups is 1. The van der Waals surface area contributed by atoms with Crippen molar-refractivity contribution in [1.82, 2.24) is 0 Å². The van der Waals surface area contributed by atoms with E-state index in [4.69, 9.17) is 23.2 Å². The molecule has 0 heterocycles. The quantitative estimate of drug-likeness (QED) is 0.903. The molecule has 2 aromatic rings. The van der Waals surface area contributed by atoms with Gasteiger partial charge in [-0.1, -0.05) is 35.3 Å². The number of hydrogen-bond acceptors (Lipinski definition) is 2. The van der Waals surface area contributed by atoms with E-state index >= 15 is 0 Å². The van der Waals surface area contributed by atoms with Gasteiger partial charge in [0.25, 0.3) is 0 Å². The Labute approximate surface area is 120 Å². The van der Waals surface area contributed by atoms with Gasteiger partial charge in [-0.25, -0.2) is 0 Å². The van der Waals surface area contributed by atoms with E-state index < -0.39 is 0 Å². The Balaban J connectivity index is 2.05. The first-order valence-corrected chi connectivity index (χ1v) is 6.33. The van der Waals surface area contributed by atoms with Crippen LogP contribution in [0.1, 0.15) is 5.56 Å². The Morgan fingerprint density at radius 2 is 1.95 bits per heavy atom. The van der Waals surface area contributed by atoms with Crippen LogP contribution < -0.4 is 5.32 Å². The van der Waals surface area contributed by atoms with Crippen LogP contribution in [0, 0.1) is 0 Å². The first-order valence-electron chi connectivity index (χ1n) is 5.57. The molecule has 0 aliphatic carbocycles. The minimum absolute atomic E-state index is 0.0994. The topological polar surface area (TPSA) is 49.3 Å². The van der Waals surface area contributed by atoms with Crippen LogP contribution in [-0.4, -0.2) is 11.0 Å². The monoisotopic (exact) mass is 295 g/mol. The van der Waals surface area contributed by atoms with Crippen LogP contribution >= 0.6 is 23.2 Å². The van der Waals surface area contributed by atoms with Crippen LogP contribution in [-0.2, 0) is 11.2 Å². The second-order valence-electron chi connectivity index (χ2n) is 4.01. The molecule has 5 heteroatoms. The second kappa shape index (κ2) is 5.95. The summed E-state index contributed by atoms with van der Waals surface area (Å²) in [6, 6.07) is 11.4. The smallest absolute Gasteiger partial charge is 0.228 e. The Morgan fingerprint density at radius 3 is 2.63 bits per heavy atom. The van der Waals surface area contributed by atoms with E-state index in [1.165, 1.54) is 12.1 Å². The van der Waals surface area contributed by atoms with Gasteiger partial charge in [-0.2, -0.15) is 0 Å². The van der Waals surface area contributed by atoms with E-state index in [2.05, 4.69) is 5.32 Å². The average molecular weight is 296 g/mol. The number of rotatable bonds is 3. The zero-order chi connectivity index (χ0) is 13.8. The van der Waals surface area contributed by atoms with E-state index in [0.29, 0.717) is 21.3 Å². The molecule has 0 radical (unpaired) electrons. The predicted molar refractivity (Wildman–Crippen MR) is 76.9 cm³/mol. The molecule has 0 saturated carbocycles. The molecule has 0 atom stereocenters. The molecular formula is C14H11Cl2NO2. The van der Waals surface area contributed by atoms with Gasteiger partial charge in [0.1, 0.15) is 5.75 Å². The van der Waals surface area contributed by atoms with Gasteiger partial charge in [0.2, 0.25) is 5.91 Å². The number of carbonyl (C=O) groups is 1. The van der Waals surface area contributed by atoms with E-state index in [9.17, 15) is 9.90 Å². The Morgan fingerprint density at radius 1 is 1.16 bits per heavy atom. The van der Waals surface area contributed by atoms with Gasteiger partial charge < -0.3 is 10.4 Å². The highest BCUT2D eigenvalue weighted by molar-refractivity contribution is 6.35. The number of benzene rings is 2. The molecule has 1 amide bonds. The number of phenolic OH excluding ortho intramolecular Hbond substituents is 1. The summed E-state index contributed by atoms with van der Waals surface area (Å²) in [6.45, 7) is 0. The third kappa shape index (κ3) is 3.88. The van der Waals surface area contributed by atoms with Crippen LogP contribution in [0.25, 0.3) is 0 Å². The number of amides is 1. The SMILES string of the molecule is O=C(Cc1ccc(Cl)cc1Cl)Nc1cccc(O)c1. The summed E-state index contributed by atoms with van der Waals surface area (Å²) in [5, 5.41) is 13.0. The molecule has 0 fully saturated rings. The number of phenols is 1. The van der Waals surface area contributed by atoms with Gasteiger partial charge in [0.15, 0.2) is 0 Å². The third-order valence-electron chi connectivity index (χ3n) is 2.50. The van der Waals surface area contributed by atoms with Gasteiger partial charge in [-0.3, -0.25) is 4.79 Å². The fraction of sp³-hybridized carbons (Fsp3) is 0.0714. The molecule has 0 aliphatic rings. The van der Waals surface area contributed by atoms with Crippen molar-refractivity contribution in [2.75, 3.05) is 5.32 Å². The highest BCUT2D eigenvalue weighted by Gasteiger charge is 2.08. The van der Waals surface area contributed by atoms with Gasteiger partial charge >= 0.3 is 0 Å². The van der Waals surface area contributed by atoms with Crippen molar-refractivity contribution in [3.63, 3.8) is 0 Å². The van der Waals surface area contributed by atoms with Crippen LogP contribution in [0.2, 0.25) is 10.0 Å². The fourth-order valence-corrected chi connectivity index (χ4v) is 2.10. The maximum absolute atomic E-state index is 11.8. The van der Waals surface area contributed by atoms with Crippen LogP contribution in [0.3, 0.4) is 0 Å². The zero-order valence-corrected chi connectivity index (χ0v) is 11.4. The molecule has 0 saturated heterocycles.